The Balaban J connectivity index is 2.55. The Morgan fingerprint density at radius 2 is 1.96 bits per heavy atom. The molecule has 1 aromatic heterocycles. The van der Waals surface area contributed by atoms with E-state index in [2.05, 4.69) is 26.9 Å². The highest BCUT2D eigenvalue weighted by atomic mass is 79.9. The second-order valence-electron chi connectivity index (χ2n) is 5.47. The molecule has 0 spiro atoms. The molecule has 8 heteroatoms. The Bertz CT molecular complexity index is 963. The van der Waals surface area contributed by atoms with Crippen LogP contribution in [0.2, 0.25) is 0 Å². The van der Waals surface area contributed by atoms with Gasteiger partial charge in [-0.2, -0.15) is 0 Å². The van der Waals surface area contributed by atoms with Crippen molar-refractivity contribution < 1.29 is 13.2 Å². The number of primary amides is 1. The SMILES string of the molecule is C=CC(c1ccc(C)cc1)S(=O)(=O)N=c1ccc(Br)cn1CC(N)=O. The van der Waals surface area contributed by atoms with Gasteiger partial charge >= 0.3 is 0 Å². The Morgan fingerprint density at radius 3 is 2.52 bits per heavy atom. The van der Waals surface area contributed by atoms with Crippen LogP contribution >= 0.6 is 15.9 Å². The summed E-state index contributed by atoms with van der Waals surface area (Å²) >= 11 is 3.27. The molecule has 1 aromatic carbocycles. The summed E-state index contributed by atoms with van der Waals surface area (Å²) in [5.74, 6) is -0.601. The summed E-state index contributed by atoms with van der Waals surface area (Å²) in [4.78, 5) is 11.2. The largest absolute Gasteiger partial charge is 0.368 e. The number of hydrogen-bond donors (Lipinski definition) is 1. The fourth-order valence-electron chi connectivity index (χ4n) is 2.26. The zero-order valence-corrected chi connectivity index (χ0v) is 16.0. The standard InChI is InChI=1S/C17H18BrN3O3S/c1-3-15(13-6-4-12(2)5-7-13)25(23,24)20-17-9-8-14(18)10-21(17)11-16(19)22/h3-10,15H,1,11H2,2H3,(H2,19,22). The maximum atomic E-state index is 12.8. The predicted molar refractivity (Wildman–Crippen MR) is 99.9 cm³/mol. The number of halogens is 1. The number of aryl methyl sites for hydroxylation is 1. The van der Waals surface area contributed by atoms with Crippen LogP contribution in [0.5, 0.6) is 0 Å². The minimum atomic E-state index is -3.94. The van der Waals surface area contributed by atoms with Crippen molar-refractivity contribution in [3.05, 3.63) is 76.3 Å². The second kappa shape index (κ2) is 7.79. The van der Waals surface area contributed by atoms with Gasteiger partial charge in [-0.05, 0) is 40.5 Å². The van der Waals surface area contributed by atoms with Crippen molar-refractivity contribution >= 4 is 31.9 Å². The first kappa shape index (κ1) is 19.1. The quantitative estimate of drug-likeness (QED) is 0.721. The number of sulfonamides is 1. The Hall–Kier alpha value is -2.19. The second-order valence-corrected chi connectivity index (χ2v) is 8.11. The smallest absolute Gasteiger partial charge is 0.265 e. The average molecular weight is 424 g/mol. The molecule has 2 N–H and O–H groups in total. The number of nitrogens with two attached hydrogens (primary N) is 1. The van der Waals surface area contributed by atoms with Crippen molar-refractivity contribution in [2.24, 2.45) is 10.1 Å². The van der Waals surface area contributed by atoms with Crippen LogP contribution in [-0.4, -0.2) is 18.9 Å². The lowest BCUT2D eigenvalue weighted by atomic mass is 10.1. The molecule has 1 unspecified atom stereocenters. The summed E-state index contributed by atoms with van der Waals surface area (Å²) in [6.45, 7) is 5.36. The van der Waals surface area contributed by atoms with Crippen LogP contribution in [0.15, 0.2) is 64.1 Å². The lowest BCUT2D eigenvalue weighted by Gasteiger charge is -2.12. The maximum Gasteiger partial charge on any atom is 0.265 e. The molecule has 132 valence electrons. The highest BCUT2D eigenvalue weighted by molar-refractivity contribution is 9.10. The molecule has 0 aliphatic heterocycles. The molecule has 1 atom stereocenters. The van der Waals surface area contributed by atoms with E-state index in [1.807, 2.05) is 19.1 Å². The monoisotopic (exact) mass is 423 g/mol. The summed E-state index contributed by atoms with van der Waals surface area (Å²) in [6.07, 6.45) is 2.88. The van der Waals surface area contributed by atoms with E-state index < -0.39 is 21.2 Å². The molecule has 2 aromatic rings. The molecule has 0 bridgehead atoms. The molecule has 0 aliphatic carbocycles. The molecule has 6 nitrogen and oxygen atoms in total. The fourth-order valence-corrected chi connectivity index (χ4v) is 3.92. The molecule has 1 amide bonds. The van der Waals surface area contributed by atoms with Crippen molar-refractivity contribution in [2.45, 2.75) is 18.7 Å². The molecule has 1 heterocycles. The van der Waals surface area contributed by atoms with Gasteiger partial charge in [0, 0.05) is 10.7 Å². The van der Waals surface area contributed by atoms with Gasteiger partial charge in [-0.25, -0.2) is 8.42 Å². The number of aromatic nitrogens is 1. The zero-order chi connectivity index (χ0) is 18.6. The fraction of sp³-hybridized carbons (Fsp3) is 0.176. The summed E-state index contributed by atoms with van der Waals surface area (Å²) in [5, 5.41) is -0.987. The third kappa shape index (κ3) is 4.90. The van der Waals surface area contributed by atoms with E-state index in [0.29, 0.717) is 10.0 Å². The van der Waals surface area contributed by atoms with Gasteiger partial charge in [-0.15, -0.1) is 11.0 Å². The average Bonchev–Trinajstić information content (AvgIpc) is 2.52. The first-order valence-corrected chi connectivity index (χ1v) is 9.66. The number of rotatable bonds is 6. The molecular weight excluding hydrogens is 406 g/mol. The van der Waals surface area contributed by atoms with Crippen LogP contribution in [0.25, 0.3) is 0 Å². The van der Waals surface area contributed by atoms with E-state index in [9.17, 15) is 13.2 Å². The van der Waals surface area contributed by atoms with E-state index in [-0.39, 0.29) is 12.0 Å². The van der Waals surface area contributed by atoms with E-state index in [0.717, 1.165) is 5.56 Å². The minimum absolute atomic E-state index is 0.112. The normalized spacial score (nSPS) is 13.4. The zero-order valence-electron chi connectivity index (χ0n) is 13.6. The summed E-state index contributed by atoms with van der Waals surface area (Å²) in [5.41, 5.74) is 6.92. The van der Waals surface area contributed by atoms with Gasteiger partial charge in [0.15, 0.2) is 0 Å². The van der Waals surface area contributed by atoms with Crippen LogP contribution in [0, 0.1) is 6.92 Å². The van der Waals surface area contributed by atoms with Crippen LogP contribution in [0.1, 0.15) is 16.4 Å². The molecule has 25 heavy (non-hydrogen) atoms. The first-order chi connectivity index (χ1) is 11.7. The highest BCUT2D eigenvalue weighted by Gasteiger charge is 2.23. The van der Waals surface area contributed by atoms with E-state index >= 15 is 0 Å². The van der Waals surface area contributed by atoms with Gasteiger partial charge in [0.1, 0.15) is 17.3 Å². The Labute approximate surface area is 154 Å². The molecular formula is C17H18BrN3O3S. The van der Waals surface area contributed by atoms with Gasteiger partial charge < -0.3 is 10.3 Å². The minimum Gasteiger partial charge on any atom is -0.368 e. The van der Waals surface area contributed by atoms with Gasteiger partial charge in [-0.3, -0.25) is 4.79 Å². The van der Waals surface area contributed by atoms with Gasteiger partial charge in [0.25, 0.3) is 10.0 Å². The van der Waals surface area contributed by atoms with Crippen LogP contribution in [-0.2, 0) is 21.4 Å². The van der Waals surface area contributed by atoms with Crippen molar-refractivity contribution in [3.63, 3.8) is 0 Å². The molecule has 0 aliphatic rings. The highest BCUT2D eigenvalue weighted by Crippen LogP contribution is 2.25. The first-order valence-electron chi connectivity index (χ1n) is 7.36. The number of nitrogens with zero attached hydrogens (tertiary/aromatic N) is 2. The van der Waals surface area contributed by atoms with Crippen molar-refractivity contribution in [3.8, 4) is 0 Å². The number of amides is 1. The van der Waals surface area contributed by atoms with Gasteiger partial charge in [0.2, 0.25) is 5.91 Å². The lowest BCUT2D eigenvalue weighted by Crippen LogP contribution is -2.29. The van der Waals surface area contributed by atoms with Crippen molar-refractivity contribution in [1.29, 1.82) is 0 Å². The van der Waals surface area contributed by atoms with E-state index in [4.69, 9.17) is 5.73 Å². The Kier molecular flexibility index (Phi) is 5.97. The van der Waals surface area contributed by atoms with Gasteiger partial charge in [0.05, 0.1) is 0 Å². The summed E-state index contributed by atoms with van der Waals surface area (Å²) < 4.78 is 31.5. The lowest BCUT2D eigenvalue weighted by molar-refractivity contribution is -0.118. The van der Waals surface area contributed by atoms with Crippen molar-refractivity contribution in [2.75, 3.05) is 0 Å². The molecule has 0 saturated carbocycles. The third-order valence-electron chi connectivity index (χ3n) is 3.45. The number of carbonyl (C=O) groups excluding carboxylic acids is 1. The maximum absolute atomic E-state index is 12.8. The molecule has 2 rings (SSSR count). The third-order valence-corrected chi connectivity index (χ3v) is 5.47. The topological polar surface area (TPSA) is 94.5 Å². The van der Waals surface area contributed by atoms with Gasteiger partial charge in [-0.1, -0.05) is 35.9 Å². The summed E-state index contributed by atoms with van der Waals surface area (Å²) in [7, 11) is -3.94. The number of carbonyl (C=O) groups is 1. The number of hydrogen-bond acceptors (Lipinski definition) is 3. The van der Waals surface area contributed by atoms with Crippen LogP contribution < -0.4 is 11.2 Å². The summed E-state index contributed by atoms with van der Waals surface area (Å²) in [6, 6.07) is 10.3. The number of benzene rings is 1. The predicted octanol–water partition coefficient (Wildman–Crippen LogP) is 2.20. The van der Waals surface area contributed by atoms with Crippen LogP contribution in [0.3, 0.4) is 0 Å². The van der Waals surface area contributed by atoms with E-state index in [1.165, 1.54) is 16.7 Å². The molecule has 0 saturated heterocycles. The molecule has 0 fully saturated rings. The Morgan fingerprint density at radius 1 is 1.32 bits per heavy atom. The van der Waals surface area contributed by atoms with Crippen molar-refractivity contribution in [1.82, 2.24) is 4.57 Å². The molecule has 0 radical (unpaired) electrons. The number of pyridine rings is 1. The van der Waals surface area contributed by atoms with Crippen LogP contribution in [0.4, 0.5) is 0 Å². The van der Waals surface area contributed by atoms with E-state index in [1.54, 1.807) is 24.4 Å².